The van der Waals surface area contributed by atoms with E-state index >= 15 is 0 Å². The first-order valence-corrected chi connectivity index (χ1v) is 7.94. The SMILES string of the molecule is CCCCCCCCCC(CCC)N(NC)NC. The predicted octanol–water partition coefficient (Wildman–Crippen LogP) is 3.87. The van der Waals surface area contributed by atoms with Crippen LogP contribution in [0.5, 0.6) is 0 Å². The molecule has 18 heavy (non-hydrogen) atoms. The molecule has 0 aromatic rings. The van der Waals surface area contributed by atoms with Crippen molar-refractivity contribution in [3.8, 4) is 0 Å². The van der Waals surface area contributed by atoms with Crippen LogP contribution in [0.1, 0.15) is 78.1 Å². The van der Waals surface area contributed by atoms with Crippen LogP contribution in [0.4, 0.5) is 0 Å². The van der Waals surface area contributed by atoms with Gasteiger partial charge in [0.2, 0.25) is 0 Å². The number of hydrogen-bond acceptors (Lipinski definition) is 3. The zero-order valence-electron chi connectivity index (χ0n) is 13.1. The Morgan fingerprint density at radius 2 is 1.28 bits per heavy atom. The second kappa shape index (κ2) is 13.3. The van der Waals surface area contributed by atoms with Gasteiger partial charge < -0.3 is 0 Å². The molecule has 0 aliphatic rings. The van der Waals surface area contributed by atoms with Crippen LogP contribution in [0.25, 0.3) is 0 Å². The van der Waals surface area contributed by atoms with Crippen molar-refractivity contribution in [1.82, 2.24) is 16.0 Å². The maximum atomic E-state index is 3.23. The first-order chi connectivity index (χ1) is 8.79. The molecule has 3 heteroatoms. The zero-order chi connectivity index (χ0) is 13.6. The second-order valence-corrected chi connectivity index (χ2v) is 5.17. The first kappa shape index (κ1) is 17.9. The molecule has 0 fully saturated rings. The van der Waals surface area contributed by atoms with E-state index in [-0.39, 0.29) is 0 Å². The van der Waals surface area contributed by atoms with Crippen LogP contribution >= 0.6 is 0 Å². The van der Waals surface area contributed by atoms with Crippen LogP contribution in [0.2, 0.25) is 0 Å². The third-order valence-electron chi connectivity index (χ3n) is 3.61. The number of hydrogen-bond donors (Lipinski definition) is 2. The normalized spacial score (nSPS) is 13.2. The Bertz CT molecular complexity index is 158. The van der Waals surface area contributed by atoms with Gasteiger partial charge in [0.25, 0.3) is 0 Å². The molecule has 1 unspecified atom stereocenters. The van der Waals surface area contributed by atoms with E-state index in [1.165, 1.54) is 64.2 Å². The van der Waals surface area contributed by atoms with Gasteiger partial charge in [0.1, 0.15) is 0 Å². The van der Waals surface area contributed by atoms with Gasteiger partial charge in [-0.1, -0.05) is 65.2 Å². The van der Waals surface area contributed by atoms with Crippen LogP contribution in [-0.4, -0.2) is 25.3 Å². The van der Waals surface area contributed by atoms with Gasteiger partial charge in [0.15, 0.2) is 0 Å². The smallest absolute Gasteiger partial charge is 0.0399 e. The lowest BCUT2D eigenvalue weighted by molar-refractivity contribution is 0.0696. The number of nitrogens with one attached hydrogen (secondary N) is 2. The van der Waals surface area contributed by atoms with Crippen molar-refractivity contribution < 1.29 is 0 Å². The first-order valence-electron chi connectivity index (χ1n) is 7.94. The molecule has 0 radical (unpaired) electrons. The summed E-state index contributed by atoms with van der Waals surface area (Å²) < 4.78 is 0. The molecule has 0 bridgehead atoms. The van der Waals surface area contributed by atoms with Gasteiger partial charge in [-0.3, -0.25) is 0 Å². The predicted molar refractivity (Wildman–Crippen MR) is 81.3 cm³/mol. The monoisotopic (exact) mass is 257 g/mol. The van der Waals surface area contributed by atoms with Crippen LogP contribution in [0.3, 0.4) is 0 Å². The van der Waals surface area contributed by atoms with Gasteiger partial charge >= 0.3 is 0 Å². The number of nitrogens with zero attached hydrogens (tertiary/aromatic N) is 1. The minimum atomic E-state index is 0.626. The molecule has 2 N–H and O–H groups in total. The van der Waals surface area contributed by atoms with E-state index in [2.05, 4.69) is 29.8 Å². The lowest BCUT2D eigenvalue weighted by Crippen LogP contribution is -2.50. The topological polar surface area (TPSA) is 27.3 Å². The van der Waals surface area contributed by atoms with E-state index < -0.39 is 0 Å². The highest BCUT2D eigenvalue weighted by molar-refractivity contribution is 4.65. The highest BCUT2D eigenvalue weighted by Gasteiger charge is 2.14. The molecule has 3 nitrogen and oxygen atoms in total. The van der Waals surface area contributed by atoms with Gasteiger partial charge in [0.05, 0.1) is 0 Å². The number of unbranched alkanes of at least 4 members (excludes halogenated alkanes) is 6. The molecule has 0 aromatic heterocycles. The number of hydrazine groups is 2. The summed E-state index contributed by atoms with van der Waals surface area (Å²) in [7, 11) is 3.98. The Balaban J connectivity index is 3.63. The maximum absolute atomic E-state index is 3.23. The van der Waals surface area contributed by atoms with Crippen molar-refractivity contribution in [3.05, 3.63) is 0 Å². The largest absolute Gasteiger partial charge is 0.244 e. The molecule has 0 aliphatic carbocycles. The third-order valence-corrected chi connectivity index (χ3v) is 3.61. The Morgan fingerprint density at radius 3 is 1.78 bits per heavy atom. The van der Waals surface area contributed by atoms with Gasteiger partial charge in [-0.2, -0.15) is 5.12 Å². The average molecular weight is 257 g/mol. The Hall–Kier alpha value is -0.120. The van der Waals surface area contributed by atoms with Crippen molar-refractivity contribution in [3.63, 3.8) is 0 Å². The van der Waals surface area contributed by atoms with Gasteiger partial charge in [-0.25, -0.2) is 10.9 Å². The molecule has 0 amide bonds. The van der Waals surface area contributed by atoms with Gasteiger partial charge in [-0.15, -0.1) is 0 Å². The van der Waals surface area contributed by atoms with Crippen molar-refractivity contribution in [2.24, 2.45) is 0 Å². The van der Waals surface area contributed by atoms with E-state index in [9.17, 15) is 0 Å². The lowest BCUT2D eigenvalue weighted by Gasteiger charge is -2.29. The molecular weight excluding hydrogens is 222 g/mol. The summed E-state index contributed by atoms with van der Waals surface area (Å²) >= 11 is 0. The lowest BCUT2D eigenvalue weighted by atomic mass is 10.0. The molecule has 0 aliphatic heterocycles. The maximum Gasteiger partial charge on any atom is 0.0399 e. The fourth-order valence-electron chi connectivity index (χ4n) is 2.55. The highest BCUT2D eigenvalue weighted by Crippen LogP contribution is 2.14. The van der Waals surface area contributed by atoms with Crippen LogP contribution < -0.4 is 10.9 Å². The standard InChI is InChI=1S/C15H35N3/c1-5-7-8-9-10-11-12-14-15(13-6-2)18(16-3)17-4/h15-17H,5-14H2,1-4H3. The Kier molecular flexibility index (Phi) is 13.2. The van der Waals surface area contributed by atoms with Crippen molar-refractivity contribution in [1.29, 1.82) is 0 Å². The Labute approximate surface area is 115 Å². The van der Waals surface area contributed by atoms with Gasteiger partial charge in [-0.05, 0) is 12.8 Å². The van der Waals surface area contributed by atoms with E-state index in [0.29, 0.717) is 6.04 Å². The minimum Gasteiger partial charge on any atom is -0.244 e. The van der Waals surface area contributed by atoms with Crippen LogP contribution in [0, 0.1) is 0 Å². The molecule has 0 heterocycles. The van der Waals surface area contributed by atoms with E-state index in [0.717, 1.165) is 0 Å². The number of rotatable bonds is 13. The summed E-state index contributed by atoms with van der Waals surface area (Å²) in [5, 5.41) is 2.15. The van der Waals surface area contributed by atoms with Crippen molar-refractivity contribution in [2.75, 3.05) is 14.1 Å². The highest BCUT2D eigenvalue weighted by atomic mass is 15.7. The Morgan fingerprint density at radius 1 is 0.722 bits per heavy atom. The second-order valence-electron chi connectivity index (χ2n) is 5.17. The van der Waals surface area contributed by atoms with Crippen LogP contribution in [0.15, 0.2) is 0 Å². The molecule has 0 spiro atoms. The summed E-state index contributed by atoms with van der Waals surface area (Å²) in [6.07, 6.45) is 13.6. The average Bonchev–Trinajstić information content (AvgIpc) is 2.39. The van der Waals surface area contributed by atoms with Crippen molar-refractivity contribution >= 4 is 0 Å². The molecule has 110 valence electrons. The zero-order valence-corrected chi connectivity index (χ0v) is 13.1. The molecule has 1 atom stereocenters. The summed E-state index contributed by atoms with van der Waals surface area (Å²) in [6.45, 7) is 4.54. The van der Waals surface area contributed by atoms with E-state index in [4.69, 9.17) is 0 Å². The minimum absolute atomic E-state index is 0.626. The molecule has 0 saturated heterocycles. The fourth-order valence-corrected chi connectivity index (χ4v) is 2.55. The molecular formula is C15H35N3. The summed E-state index contributed by atoms with van der Waals surface area (Å²) in [5.41, 5.74) is 6.46. The van der Waals surface area contributed by atoms with E-state index in [1.54, 1.807) is 0 Å². The van der Waals surface area contributed by atoms with Crippen molar-refractivity contribution in [2.45, 2.75) is 84.1 Å². The summed E-state index contributed by atoms with van der Waals surface area (Å²) in [4.78, 5) is 0. The summed E-state index contributed by atoms with van der Waals surface area (Å²) in [6, 6.07) is 0.626. The summed E-state index contributed by atoms with van der Waals surface area (Å²) in [5.74, 6) is 0. The quantitative estimate of drug-likeness (QED) is 0.387. The molecule has 0 aromatic carbocycles. The molecule has 0 saturated carbocycles. The van der Waals surface area contributed by atoms with Crippen LogP contribution in [-0.2, 0) is 0 Å². The van der Waals surface area contributed by atoms with E-state index in [1.807, 2.05) is 14.1 Å². The third kappa shape index (κ3) is 8.90. The van der Waals surface area contributed by atoms with Gasteiger partial charge in [0, 0.05) is 20.1 Å². The fraction of sp³-hybridized carbons (Fsp3) is 1.00. The molecule has 0 rings (SSSR count).